The molecule has 0 saturated heterocycles. The van der Waals surface area contributed by atoms with E-state index in [1.54, 1.807) is 14.2 Å². The lowest BCUT2D eigenvalue weighted by molar-refractivity contribution is -0.158. The summed E-state index contributed by atoms with van der Waals surface area (Å²) >= 11 is 0. The van der Waals surface area contributed by atoms with Crippen LogP contribution in [0, 0.1) is 11.8 Å². The van der Waals surface area contributed by atoms with Crippen molar-refractivity contribution in [3.63, 3.8) is 0 Å². The van der Waals surface area contributed by atoms with E-state index in [4.69, 9.17) is 18.9 Å². The normalized spacial score (nSPS) is 15.1. The molecule has 1 unspecified atom stereocenters. The van der Waals surface area contributed by atoms with Crippen molar-refractivity contribution in [2.75, 3.05) is 28.4 Å². The van der Waals surface area contributed by atoms with Crippen molar-refractivity contribution in [1.82, 2.24) is 0 Å². The highest BCUT2D eigenvalue weighted by Crippen LogP contribution is 2.56. The van der Waals surface area contributed by atoms with Gasteiger partial charge in [0.25, 0.3) is 0 Å². The SMILES string of the molecule is COC(=O)C(CC1=C(c2ccccc2)C(C(C)C)c2c(OC)cc(OC)cc21)C(=O)OC. The fraction of sp³-hybridized carbons (Fsp3) is 0.385. The molecule has 1 aliphatic rings. The Morgan fingerprint density at radius 3 is 2.03 bits per heavy atom. The number of methoxy groups -OCH3 is 4. The molecule has 0 bridgehead atoms. The zero-order valence-corrected chi connectivity index (χ0v) is 19.4. The van der Waals surface area contributed by atoms with Gasteiger partial charge in [-0.05, 0) is 40.7 Å². The second-order valence-corrected chi connectivity index (χ2v) is 8.07. The van der Waals surface area contributed by atoms with Gasteiger partial charge in [-0.3, -0.25) is 9.59 Å². The maximum atomic E-state index is 12.5. The van der Waals surface area contributed by atoms with Gasteiger partial charge in [0.1, 0.15) is 11.5 Å². The Hall–Kier alpha value is -3.28. The van der Waals surface area contributed by atoms with E-state index in [9.17, 15) is 9.59 Å². The first-order valence-electron chi connectivity index (χ1n) is 10.6. The van der Waals surface area contributed by atoms with E-state index in [0.29, 0.717) is 11.5 Å². The van der Waals surface area contributed by atoms with Crippen LogP contribution in [0.15, 0.2) is 42.5 Å². The fourth-order valence-electron chi connectivity index (χ4n) is 4.55. The number of benzene rings is 2. The molecule has 170 valence electrons. The van der Waals surface area contributed by atoms with Crippen molar-refractivity contribution in [3.05, 3.63) is 59.2 Å². The molecule has 1 atom stereocenters. The molecule has 0 aliphatic heterocycles. The lowest BCUT2D eigenvalue weighted by atomic mass is 9.81. The molecule has 2 aromatic carbocycles. The highest BCUT2D eigenvalue weighted by atomic mass is 16.5. The number of fused-ring (bicyclic) bond motifs is 1. The minimum absolute atomic E-state index is 0.0131. The first-order valence-corrected chi connectivity index (χ1v) is 10.6. The molecule has 6 heteroatoms. The maximum absolute atomic E-state index is 12.5. The molecule has 0 radical (unpaired) electrons. The Labute approximate surface area is 189 Å². The molecule has 3 rings (SSSR count). The van der Waals surface area contributed by atoms with Gasteiger partial charge >= 0.3 is 11.9 Å². The van der Waals surface area contributed by atoms with Crippen molar-refractivity contribution >= 4 is 23.1 Å². The number of allylic oxidation sites excluding steroid dienone is 2. The summed E-state index contributed by atoms with van der Waals surface area (Å²) in [5, 5.41) is 0. The lowest BCUT2D eigenvalue weighted by Crippen LogP contribution is -2.26. The van der Waals surface area contributed by atoms with Gasteiger partial charge in [-0.15, -0.1) is 0 Å². The average molecular weight is 439 g/mol. The van der Waals surface area contributed by atoms with Gasteiger partial charge in [-0.1, -0.05) is 44.2 Å². The molecule has 0 N–H and O–H groups in total. The molecule has 0 spiro atoms. The zero-order valence-electron chi connectivity index (χ0n) is 19.4. The molecular formula is C26H30O6. The van der Waals surface area contributed by atoms with Gasteiger partial charge in [0.15, 0.2) is 5.92 Å². The van der Waals surface area contributed by atoms with Gasteiger partial charge in [0, 0.05) is 17.5 Å². The van der Waals surface area contributed by atoms with E-state index in [0.717, 1.165) is 27.8 Å². The van der Waals surface area contributed by atoms with Crippen LogP contribution in [0.4, 0.5) is 0 Å². The molecule has 0 aromatic heterocycles. The van der Waals surface area contributed by atoms with Crippen molar-refractivity contribution in [2.45, 2.75) is 26.2 Å². The summed E-state index contributed by atoms with van der Waals surface area (Å²) in [5.74, 6) is -0.716. The standard InChI is InChI=1S/C26H30O6/c1-15(2)22-23(16-10-8-7-9-11-16)19(14-20(25(27)31-5)26(28)32-6)18-12-17(29-3)13-21(30-4)24(18)22/h7-13,15,20,22H,14H2,1-6H3. The van der Waals surface area contributed by atoms with Crippen LogP contribution in [0.3, 0.4) is 0 Å². The molecule has 32 heavy (non-hydrogen) atoms. The number of rotatable bonds is 8. The van der Waals surface area contributed by atoms with E-state index >= 15 is 0 Å². The Balaban J connectivity index is 2.32. The molecule has 1 aliphatic carbocycles. The molecule has 0 heterocycles. The molecule has 6 nitrogen and oxygen atoms in total. The summed E-state index contributed by atoms with van der Waals surface area (Å²) in [6.07, 6.45) is 0.149. The minimum atomic E-state index is -1.07. The van der Waals surface area contributed by atoms with E-state index in [1.807, 2.05) is 42.5 Å². The summed E-state index contributed by atoms with van der Waals surface area (Å²) in [5.41, 5.74) is 4.94. The third kappa shape index (κ3) is 4.22. The Kier molecular flexibility index (Phi) is 7.23. The van der Waals surface area contributed by atoms with Crippen LogP contribution in [0.1, 0.15) is 42.9 Å². The smallest absolute Gasteiger partial charge is 0.320 e. The van der Waals surface area contributed by atoms with Crippen molar-refractivity contribution in [2.24, 2.45) is 11.8 Å². The van der Waals surface area contributed by atoms with Gasteiger partial charge in [-0.2, -0.15) is 0 Å². The third-order valence-corrected chi connectivity index (χ3v) is 5.97. The molecule has 0 saturated carbocycles. The second-order valence-electron chi connectivity index (χ2n) is 8.07. The number of carbonyl (C=O) groups excluding carboxylic acids is 2. The van der Waals surface area contributed by atoms with E-state index < -0.39 is 17.9 Å². The van der Waals surface area contributed by atoms with Crippen LogP contribution in [-0.2, 0) is 19.1 Å². The fourth-order valence-corrected chi connectivity index (χ4v) is 4.55. The predicted molar refractivity (Wildman–Crippen MR) is 123 cm³/mol. The van der Waals surface area contributed by atoms with Gasteiger partial charge in [-0.25, -0.2) is 0 Å². The van der Waals surface area contributed by atoms with E-state index in [1.165, 1.54) is 14.2 Å². The summed E-state index contributed by atoms with van der Waals surface area (Å²) in [7, 11) is 5.79. The third-order valence-electron chi connectivity index (χ3n) is 5.97. The molecule has 0 amide bonds. The summed E-state index contributed by atoms with van der Waals surface area (Å²) < 4.78 is 21.1. The predicted octanol–water partition coefficient (Wildman–Crippen LogP) is 4.72. The van der Waals surface area contributed by atoms with Gasteiger partial charge in [0.05, 0.1) is 28.4 Å². The van der Waals surface area contributed by atoms with Crippen molar-refractivity contribution in [3.8, 4) is 11.5 Å². The Morgan fingerprint density at radius 1 is 0.906 bits per heavy atom. The molecule has 2 aromatic rings. The monoisotopic (exact) mass is 438 g/mol. The lowest BCUT2D eigenvalue weighted by Gasteiger charge is -2.23. The highest BCUT2D eigenvalue weighted by Gasteiger charge is 2.40. The van der Waals surface area contributed by atoms with Crippen LogP contribution in [0.25, 0.3) is 11.1 Å². The van der Waals surface area contributed by atoms with Crippen LogP contribution >= 0.6 is 0 Å². The first kappa shape index (κ1) is 23.4. The van der Waals surface area contributed by atoms with Gasteiger partial charge in [0.2, 0.25) is 0 Å². The second kappa shape index (κ2) is 9.90. The summed E-state index contributed by atoms with van der Waals surface area (Å²) in [4.78, 5) is 25.0. The van der Waals surface area contributed by atoms with Crippen molar-refractivity contribution < 1.29 is 28.5 Å². The van der Waals surface area contributed by atoms with Gasteiger partial charge < -0.3 is 18.9 Å². The quantitative estimate of drug-likeness (QED) is 0.439. The largest absolute Gasteiger partial charge is 0.497 e. The number of ether oxygens (including phenoxy) is 4. The van der Waals surface area contributed by atoms with E-state index in [-0.39, 0.29) is 18.3 Å². The molecular weight excluding hydrogens is 408 g/mol. The van der Waals surface area contributed by atoms with E-state index in [2.05, 4.69) is 13.8 Å². The van der Waals surface area contributed by atoms with Crippen molar-refractivity contribution in [1.29, 1.82) is 0 Å². The maximum Gasteiger partial charge on any atom is 0.320 e. The number of carbonyl (C=O) groups is 2. The van der Waals surface area contributed by atoms with Crippen LogP contribution < -0.4 is 9.47 Å². The first-order chi connectivity index (χ1) is 15.4. The summed E-state index contributed by atoms with van der Waals surface area (Å²) in [6, 6.07) is 13.8. The molecule has 0 fully saturated rings. The van der Waals surface area contributed by atoms with Crippen LogP contribution in [0.2, 0.25) is 0 Å². The van der Waals surface area contributed by atoms with Crippen LogP contribution in [0.5, 0.6) is 11.5 Å². The Bertz CT molecular complexity index is 1010. The zero-order chi connectivity index (χ0) is 23.4. The summed E-state index contributed by atoms with van der Waals surface area (Å²) in [6.45, 7) is 4.31. The van der Waals surface area contributed by atoms with Crippen LogP contribution in [-0.4, -0.2) is 40.4 Å². The topological polar surface area (TPSA) is 71.1 Å². The Morgan fingerprint density at radius 2 is 1.53 bits per heavy atom. The number of esters is 2. The highest BCUT2D eigenvalue weighted by molar-refractivity contribution is 6.04. The minimum Gasteiger partial charge on any atom is -0.497 e. The number of hydrogen-bond donors (Lipinski definition) is 0. The number of hydrogen-bond acceptors (Lipinski definition) is 6. The average Bonchev–Trinajstić information content (AvgIpc) is 3.15.